The molecular formula is C20H25BrO2Si. The highest BCUT2D eigenvalue weighted by Crippen LogP contribution is 2.17. The summed E-state index contributed by atoms with van der Waals surface area (Å²) in [6, 6.07) is 17.5. The molecule has 0 spiro atoms. The minimum absolute atomic E-state index is 0.0377. The lowest BCUT2D eigenvalue weighted by Gasteiger charge is -2.28. The van der Waals surface area contributed by atoms with Crippen LogP contribution in [0.1, 0.15) is 24.8 Å². The molecule has 2 aromatic carbocycles. The summed E-state index contributed by atoms with van der Waals surface area (Å²) in [5.74, 6) is 0. The van der Waals surface area contributed by atoms with Crippen LogP contribution in [0.4, 0.5) is 0 Å². The maximum atomic E-state index is 6.05. The molecule has 1 aliphatic heterocycles. The number of hydrogen-bond acceptors (Lipinski definition) is 2. The second kappa shape index (κ2) is 7.96. The number of ether oxygens (including phenoxy) is 2. The van der Waals surface area contributed by atoms with Gasteiger partial charge in [0.1, 0.15) is 8.07 Å². The molecule has 0 N–H and O–H groups in total. The highest BCUT2D eigenvalue weighted by Gasteiger charge is 2.28. The summed E-state index contributed by atoms with van der Waals surface area (Å²) < 4.78 is 12.9. The molecule has 0 aliphatic carbocycles. The fourth-order valence-corrected chi connectivity index (χ4v) is 6.35. The molecule has 0 bridgehead atoms. The van der Waals surface area contributed by atoms with Crippen LogP contribution in [0, 0.1) is 0 Å². The third kappa shape index (κ3) is 4.17. The molecule has 128 valence electrons. The van der Waals surface area contributed by atoms with Gasteiger partial charge in [0.15, 0.2) is 6.29 Å². The van der Waals surface area contributed by atoms with Crippen molar-refractivity contribution >= 4 is 34.4 Å². The molecule has 3 rings (SSSR count). The van der Waals surface area contributed by atoms with Crippen LogP contribution < -0.4 is 10.4 Å². The lowest BCUT2D eigenvalue weighted by Crippen LogP contribution is -2.54. The van der Waals surface area contributed by atoms with Crippen molar-refractivity contribution < 1.29 is 9.47 Å². The second-order valence-electron chi connectivity index (χ2n) is 6.90. The predicted octanol–water partition coefficient (Wildman–Crippen LogP) is 4.31. The molecule has 1 fully saturated rings. The molecule has 0 unspecified atom stereocenters. The highest BCUT2D eigenvalue weighted by molar-refractivity contribution is 9.10. The Labute approximate surface area is 154 Å². The van der Waals surface area contributed by atoms with Gasteiger partial charge in [0, 0.05) is 11.1 Å². The van der Waals surface area contributed by atoms with Gasteiger partial charge in [-0.25, -0.2) is 0 Å². The third-order valence-electron chi connectivity index (χ3n) is 4.82. The summed E-state index contributed by atoms with van der Waals surface area (Å²) in [4.78, 5) is 0. The second-order valence-corrected chi connectivity index (χ2v) is 12.2. The maximum Gasteiger partial charge on any atom is 0.158 e. The molecule has 0 radical (unpaired) electrons. The van der Waals surface area contributed by atoms with Crippen molar-refractivity contribution in [2.75, 3.05) is 6.61 Å². The molecule has 2 aromatic rings. The standard InChI is InChI=1S/C20H25BrO2Si/c1-24(2,18-12-10-17(21)11-13-18)19-8-4-3-7-16(19)15-23-20-9-5-6-14-22-20/h3-4,7-8,10-13,20H,5-6,9,14-15H2,1-2H3/t20-/m0/s1. The Bertz CT molecular complexity index is 664. The average molecular weight is 405 g/mol. The number of halogens is 1. The Morgan fingerprint density at radius 1 is 1.08 bits per heavy atom. The number of benzene rings is 2. The zero-order chi connectivity index (χ0) is 17.0. The number of hydrogen-bond donors (Lipinski definition) is 0. The topological polar surface area (TPSA) is 18.5 Å². The van der Waals surface area contributed by atoms with E-state index in [0.717, 1.165) is 23.9 Å². The van der Waals surface area contributed by atoms with E-state index in [1.807, 2.05) is 0 Å². The van der Waals surface area contributed by atoms with Gasteiger partial charge in [-0.1, -0.05) is 70.6 Å². The Hall–Kier alpha value is -0.943. The zero-order valence-corrected chi connectivity index (χ0v) is 17.0. The zero-order valence-electron chi connectivity index (χ0n) is 14.4. The summed E-state index contributed by atoms with van der Waals surface area (Å²) in [6.45, 7) is 6.28. The highest BCUT2D eigenvalue weighted by atomic mass is 79.9. The van der Waals surface area contributed by atoms with Gasteiger partial charge in [-0.2, -0.15) is 0 Å². The van der Waals surface area contributed by atoms with E-state index in [1.165, 1.54) is 22.4 Å². The first-order valence-corrected chi connectivity index (χ1v) is 12.4. The smallest absolute Gasteiger partial charge is 0.158 e. The molecule has 2 nitrogen and oxygen atoms in total. The van der Waals surface area contributed by atoms with Crippen LogP contribution in [0.2, 0.25) is 13.1 Å². The molecule has 4 heteroatoms. The third-order valence-corrected chi connectivity index (χ3v) is 8.96. The lowest BCUT2D eigenvalue weighted by molar-refractivity contribution is -0.168. The van der Waals surface area contributed by atoms with Crippen molar-refractivity contribution in [1.29, 1.82) is 0 Å². The molecule has 1 saturated heterocycles. The summed E-state index contributed by atoms with van der Waals surface area (Å²) in [6.07, 6.45) is 3.32. The first-order chi connectivity index (χ1) is 11.6. The van der Waals surface area contributed by atoms with E-state index in [4.69, 9.17) is 9.47 Å². The molecule has 1 aliphatic rings. The first-order valence-electron chi connectivity index (χ1n) is 8.65. The first kappa shape index (κ1) is 17.9. The van der Waals surface area contributed by atoms with Gasteiger partial charge in [0.05, 0.1) is 6.61 Å². The van der Waals surface area contributed by atoms with E-state index in [9.17, 15) is 0 Å². The van der Waals surface area contributed by atoms with E-state index in [1.54, 1.807) is 0 Å². The fourth-order valence-electron chi connectivity index (χ4n) is 3.30. The molecular weight excluding hydrogens is 380 g/mol. The largest absolute Gasteiger partial charge is 0.353 e. The fraction of sp³-hybridized carbons (Fsp3) is 0.400. The summed E-state index contributed by atoms with van der Waals surface area (Å²) >= 11 is 3.53. The lowest BCUT2D eigenvalue weighted by atomic mass is 10.2. The Morgan fingerprint density at radius 3 is 2.54 bits per heavy atom. The average Bonchev–Trinajstić information content (AvgIpc) is 2.61. The Morgan fingerprint density at radius 2 is 1.83 bits per heavy atom. The molecule has 1 atom stereocenters. The van der Waals surface area contributed by atoms with E-state index in [-0.39, 0.29) is 6.29 Å². The van der Waals surface area contributed by atoms with Crippen LogP contribution in [0.5, 0.6) is 0 Å². The monoisotopic (exact) mass is 404 g/mol. The molecule has 0 aromatic heterocycles. The van der Waals surface area contributed by atoms with Crippen molar-refractivity contribution in [3.63, 3.8) is 0 Å². The van der Waals surface area contributed by atoms with Crippen LogP contribution >= 0.6 is 15.9 Å². The van der Waals surface area contributed by atoms with Crippen LogP contribution in [-0.4, -0.2) is 21.0 Å². The molecule has 1 heterocycles. The van der Waals surface area contributed by atoms with E-state index in [2.05, 4.69) is 77.6 Å². The minimum Gasteiger partial charge on any atom is -0.353 e. The van der Waals surface area contributed by atoms with Crippen molar-refractivity contribution in [2.45, 2.75) is 45.3 Å². The van der Waals surface area contributed by atoms with E-state index < -0.39 is 8.07 Å². The van der Waals surface area contributed by atoms with Crippen molar-refractivity contribution in [3.8, 4) is 0 Å². The van der Waals surface area contributed by atoms with Gasteiger partial charge in [-0.15, -0.1) is 0 Å². The van der Waals surface area contributed by atoms with Crippen LogP contribution in [0.3, 0.4) is 0 Å². The quantitative estimate of drug-likeness (QED) is 0.690. The maximum absolute atomic E-state index is 6.05. The van der Waals surface area contributed by atoms with Gasteiger partial charge in [-0.3, -0.25) is 0 Å². The van der Waals surface area contributed by atoms with Crippen LogP contribution in [0.25, 0.3) is 0 Å². The minimum atomic E-state index is -1.75. The molecule has 0 amide bonds. The van der Waals surface area contributed by atoms with Crippen molar-refractivity contribution in [3.05, 3.63) is 58.6 Å². The molecule has 0 saturated carbocycles. The van der Waals surface area contributed by atoms with Crippen LogP contribution in [0.15, 0.2) is 53.0 Å². The normalized spacial score (nSPS) is 18.5. The predicted molar refractivity (Wildman–Crippen MR) is 106 cm³/mol. The SMILES string of the molecule is C[Si](C)(c1ccc(Br)cc1)c1ccccc1CO[C@H]1CCCCO1. The van der Waals surface area contributed by atoms with Gasteiger partial charge < -0.3 is 9.47 Å². The van der Waals surface area contributed by atoms with Gasteiger partial charge in [0.25, 0.3) is 0 Å². The Kier molecular flexibility index (Phi) is 5.92. The van der Waals surface area contributed by atoms with Crippen molar-refractivity contribution in [2.24, 2.45) is 0 Å². The van der Waals surface area contributed by atoms with E-state index >= 15 is 0 Å². The summed E-state index contributed by atoms with van der Waals surface area (Å²) in [7, 11) is -1.75. The van der Waals surface area contributed by atoms with Crippen molar-refractivity contribution in [1.82, 2.24) is 0 Å². The number of rotatable bonds is 5. The summed E-state index contributed by atoms with van der Waals surface area (Å²) in [5, 5.41) is 2.88. The summed E-state index contributed by atoms with van der Waals surface area (Å²) in [5.41, 5.74) is 1.30. The van der Waals surface area contributed by atoms with Gasteiger partial charge >= 0.3 is 0 Å². The van der Waals surface area contributed by atoms with Gasteiger partial charge in [-0.05, 0) is 42.1 Å². The van der Waals surface area contributed by atoms with E-state index in [0.29, 0.717) is 6.61 Å². The molecule has 24 heavy (non-hydrogen) atoms. The van der Waals surface area contributed by atoms with Crippen LogP contribution in [-0.2, 0) is 16.1 Å². The Balaban J connectivity index is 1.80. The van der Waals surface area contributed by atoms with Gasteiger partial charge in [0.2, 0.25) is 0 Å².